The van der Waals surface area contributed by atoms with Gasteiger partial charge in [-0.1, -0.05) is 30.3 Å². The summed E-state index contributed by atoms with van der Waals surface area (Å²) >= 11 is 1.46. The van der Waals surface area contributed by atoms with Crippen molar-refractivity contribution < 1.29 is 9.53 Å². The van der Waals surface area contributed by atoms with Crippen LogP contribution in [0.5, 0.6) is 0 Å². The number of nitrogens with one attached hydrogen (secondary N) is 1. The molecule has 2 aromatic rings. The van der Waals surface area contributed by atoms with Crippen molar-refractivity contribution >= 4 is 17.2 Å². The number of morpholine rings is 1. The number of ether oxygens (including phenoxy) is 1. The molecule has 0 unspecified atom stereocenters. The summed E-state index contributed by atoms with van der Waals surface area (Å²) in [6, 6.07) is 12.2. The van der Waals surface area contributed by atoms with Crippen LogP contribution in [0.2, 0.25) is 0 Å². The van der Waals surface area contributed by atoms with Gasteiger partial charge in [-0.05, 0) is 36.4 Å². The molecule has 1 aromatic heterocycles. The zero-order valence-corrected chi connectivity index (χ0v) is 15.0. The summed E-state index contributed by atoms with van der Waals surface area (Å²) in [5.41, 5.74) is 2.41. The molecule has 0 bridgehead atoms. The van der Waals surface area contributed by atoms with Gasteiger partial charge in [0.15, 0.2) is 0 Å². The maximum Gasteiger partial charge on any atom is 0.261 e. The smallest absolute Gasteiger partial charge is 0.261 e. The van der Waals surface area contributed by atoms with Crippen molar-refractivity contribution in [1.29, 1.82) is 0 Å². The van der Waals surface area contributed by atoms with Crippen LogP contribution in [0.4, 0.5) is 0 Å². The molecule has 0 saturated carbocycles. The van der Waals surface area contributed by atoms with E-state index in [0.29, 0.717) is 18.8 Å². The molecule has 0 aliphatic carbocycles. The molecule has 0 radical (unpaired) electrons. The summed E-state index contributed by atoms with van der Waals surface area (Å²) in [6.07, 6.45) is 0.584. The fraction of sp³-hybridized carbons (Fsp3) is 0.421. The zero-order chi connectivity index (χ0) is 16.9. The number of thiophene rings is 1. The average Bonchev–Trinajstić information content (AvgIpc) is 3.07. The van der Waals surface area contributed by atoms with E-state index in [-0.39, 0.29) is 5.91 Å². The highest BCUT2D eigenvalue weighted by Gasteiger charge is 2.21. The lowest BCUT2D eigenvalue weighted by Gasteiger charge is -2.35. The first-order valence-electron chi connectivity index (χ1n) is 8.37. The van der Waals surface area contributed by atoms with Crippen LogP contribution in [0.25, 0.3) is 0 Å². The molecule has 24 heavy (non-hydrogen) atoms. The maximum atomic E-state index is 12.0. The molecule has 5 heteroatoms. The van der Waals surface area contributed by atoms with Crippen molar-refractivity contribution in [3.8, 4) is 0 Å². The van der Waals surface area contributed by atoms with Gasteiger partial charge in [0.1, 0.15) is 0 Å². The Kier molecular flexibility index (Phi) is 5.66. The van der Waals surface area contributed by atoms with E-state index in [4.69, 9.17) is 4.74 Å². The summed E-state index contributed by atoms with van der Waals surface area (Å²) in [7, 11) is 0. The van der Waals surface area contributed by atoms with E-state index in [1.807, 2.05) is 17.5 Å². The van der Waals surface area contributed by atoms with Gasteiger partial charge >= 0.3 is 0 Å². The van der Waals surface area contributed by atoms with E-state index in [2.05, 4.69) is 48.3 Å². The van der Waals surface area contributed by atoms with E-state index in [9.17, 15) is 4.79 Å². The second-order valence-corrected chi connectivity index (χ2v) is 7.38. The Balaban J connectivity index is 1.51. The Labute approximate surface area is 147 Å². The summed E-state index contributed by atoms with van der Waals surface area (Å²) < 4.78 is 5.78. The Hall–Kier alpha value is -1.69. The first kappa shape index (κ1) is 17.1. The van der Waals surface area contributed by atoms with Crippen LogP contribution in [0.1, 0.15) is 34.6 Å². The van der Waals surface area contributed by atoms with Crippen molar-refractivity contribution in [3.05, 3.63) is 57.8 Å². The van der Waals surface area contributed by atoms with Gasteiger partial charge in [-0.25, -0.2) is 0 Å². The fourth-order valence-corrected chi connectivity index (χ4v) is 3.75. The number of benzene rings is 1. The number of amides is 1. The standard InChI is InChI=1S/C19H24N2O2S/c1-14-11-21(12-15(2)23-14)13-17-7-5-16(6-8-17)10-20-19(22)18-4-3-9-24-18/h3-9,14-15H,10-13H2,1-2H3,(H,20,22)/t14-,15-/m0/s1. The van der Waals surface area contributed by atoms with Crippen LogP contribution in [0.3, 0.4) is 0 Å². The second-order valence-electron chi connectivity index (χ2n) is 6.43. The highest BCUT2D eigenvalue weighted by atomic mass is 32.1. The lowest BCUT2D eigenvalue weighted by atomic mass is 10.1. The van der Waals surface area contributed by atoms with E-state index in [1.165, 1.54) is 16.9 Å². The Morgan fingerprint density at radius 2 is 1.83 bits per heavy atom. The minimum Gasteiger partial charge on any atom is -0.373 e. The van der Waals surface area contributed by atoms with E-state index >= 15 is 0 Å². The molecule has 1 N–H and O–H groups in total. The van der Waals surface area contributed by atoms with Gasteiger partial charge in [0.25, 0.3) is 5.91 Å². The molecule has 1 aliphatic rings. The molecule has 1 amide bonds. The molecule has 2 heterocycles. The predicted octanol–water partition coefficient (Wildman–Crippen LogP) is 3.29. The quantitative estimate of drug-likeness (QED) is 0.905. The summed E-state index contributed by atoms with van der Waals surface area (Å²) in [5.74, 6) is -0.00892. The Morgan fingerprint density at radius 3 is 2.46 bits per heavy atom. The van der Waals surface area contributed by atoms with Crippen molar-refractivity contribution in [3.63, 3.8) is 0 Å². The van der Waals surface area contributed by atoms with E-state index in [1.54, 1.807) is 0 Å². The zero-order valence-electron chi connectivity index (χ0n) is 14.2. The SMILES string of the molecule is C[C@H]1CN(Cc2ccc(CNC(=O)c3cccs3)cc2)C[C@H](C)O1. The molecule has 1 saturated heterocycles. The van der Waals surface area contributed by atoms with Crippen molar-refractivity contribution in [1.82, 2.24) is 10.2 Å². The predicted molar refractivity (Wildman–Crippen MR) is 97.2 cm³/mol. The minimum atomic E-state index is -0.00892. The van der Waals surface area contributed by atoms with Crippen LogP contribution in [0.15, 0.2) is 41.8 Å². The fourth-order valence-electron chi connectivity index (χ4n) is 3.11. The van der Waals surface area contributed by atoms with Crippen LogP contribution < -0.4 is 5.32 Å². The maximum absolute atomic E-state index is 12.0. The molecule has 1 aromatic carbocycles. The topological polar surface area (TPSA) is 41.6 Å². The number of rotatable bonds is 5. The average molecular weight is 344 g/mol. The summed E-state index contributed by atoms with van der Waals surface area (Å²) in [6.45, 7) is 7.71. The minimum absolute atomic E-state index is 0.00892. The molecule has 1 aliphatic heterocycles. The molecule has 1 fully saturated rings. The molecule has 4 nitrogen and oxygen atoms in total. The van der Waals surface area contributed by atoms with Crippen molar-refractivity contribution in [2.75, 3.05) is 13.1 Å². The largest absolute Gasteiger partial charge is 0.373 e. The van der Waals surface area contributed by atoms with Gasteiger partial charge in [0.2, 0.25) is 0 Å². The van der Waals surface area contributed by atoms with E-state index in [0.717, 1.165) is 30.1 Å². The van der Waals surface area contributed by atoms with Gasteiger partial charge in [-0.15, -0.1) is 11.3 Å². The van der Waals surface area contributed by atoms with Gasteiger partial charge in [0.05, 0.1) is 17.1 Å². The number of nitrogens with zero attached hydrogens (tertiary/aromatic N) is 1. The third kappa shape index (κ3) is 4.66. The monoisotopic (exact) mass is 344 g/mol. The lowest BCUT2D eigenvalue weighted by molar-refractivity contribution is -0.0704. The molecular formula is C19H24N2O2S. The molecule has 2 atom stereocenters. The van der Waals surface area contributed by atoms with Gasteiger partial charge in [-0.2, -0.15) is 0 Å². The highest BCUT2D eigenvalue weighted by molar-refractivity contribution is 7.12. The highest BCUT2D eigenvalue weighted by Crippen LogP contribution is 2.15. The van der Waals surface area contributed by atoms with Crippen LogP contribution in [-0.2, 0) is 17.8 Å². The molecule has 0 spiro atoms. The third-order valence-corrected chi connectivity index (χ3v) is 4.99. The summed E-state index contributed by atoms with van der Waals surface area (Å²) in [5, 5.41) is 4.87. The first-order valence-corrected chi connectivity index (χ1v) is 9.25. The summed E-state index contributed by atoms with van der Waals surface area (Å²) in [4.78, 5) is 15.1. The number of hydrogen-bond donors (Lipinski definition) is 1. The Bertz CT molecular complexity index is 645. The van der Waals surface area contributed by atoms with Gasteiger partial charge < -0.3 is 10.1 Å². The van der Waals surface area contributed by atoms with Gasteiger partial charge in [-0.3, -0.25) is 9.69 Å². The number of hydrogen-bond acceptors (Lipinski definition) is 4. The van der Waals surface area contributed by atoms with Crippen molar-refractivity contribution in [2.24, 2.45) is 0 Å². The molecule has 128 valence electrons. The van der Waals surface area contributed by atoms with Crippen LogP contribution in [0, 0.1) is 0 Å². The Morgan fingerprint density at radius 1 is 1.17 bits per heavy atom. The molecule has 3 rings (SSSR count). The van der Waals surface area contributed by atoms with E-state index < -0.39 is 0 Å². The first-order chi connectivity index (χ1) is 11.6. The molecular weight excluding hydrogens is 320 g/mol. The lowest BCUT2D eigenvalue weighted by Crippen LogP contribution is -2.44. The second kappa shape index (κ2) is 7.92. The number of carbonyl (C=O) groups is 1. The van der Waals surface area contributed by atoms with Crippen LogP contribution in [-0.4, -0.2) is 36.1 Å². The normalized spacial score (nSPS) is 21.6. The number of carbonyl (C=O) groups excluding carboxylic acids is 1. The third-order valence-electron chi connectivity index (χ3n) is 4.12. The van der Waals surface area contributed by atoms with Gasteiger partial charge in [0, 0.05) is 26.2 Å². The van der Waals surface area contributed by atoms with Crippen LogP contribution >= 0.6 is 11.3 Å². The van der Waals surface area contributed by atoms with Crippen molar-refractivity contribution in [2.45, 2.75) is 39.1 Å².